The second kappa shape index (κ2) is 4.97. The Bertz CT molecular complexity index is 801. The zero-order valence-corrected chi connectivity index (χ0v) is 12.1. The molecule has 0 fully saturated rings. The van der Waals surface area contributed by atoms with Crippen molar-refractivity contribution in [2.75, 3.05) is 0 Å². The van der Waals surface area contributed by atoms with E-state index >= 15 is 0 Å². The Labute approximate surface area is 122 Å². The summed E-state index contributed by atoms with van der Waals surface area (Å²) < 4.78 is 3.41. The normalized spacial score (nSPS) is 10.8. The van der Waals surface area contributed by atoms with E-state index < -0.39 is 0 Å². The zero-order chi connectivity index (χ0) is 15.0. The van der Waals surface area contributed by atoms with Crippen LogP contribution in [0.4, 0.5) is 0 Å². The second-order valence-electron chi connectivity index (χ2n) is 4.85. The van der Waals surface area contributed by atoms with Gasteiger partial charge in [-0.05, 0) is 26.0 Å². The lowest BCUT2D eigenvalue weighted by Crippen LogP contribution is -1.97. The smallest absolute Gasteiger partial charge is 0.153 e. The second-order valence-corrected chi connectivity index (χ2v) is 4.85. The Hall–Kier alpha value is -2.76. The highest BCUT2D eigenvalue weighted by Gasteiger charge is 2.19. The minimum Gasteiger partial charge on any atom is -0.298 e. The van der Waals surface area contributed by atoms with Crippen molar-refractivity contribution in [1.29, 1.82) is 0 Å². The molecule has 0 saturated carbocycles. The van der Waals surface area contributed by atoms with Crippen LogP contribution in [0, 0.1) is 13.8 Å². The molecule has 0 aromatic carbocycles. The van der Waals surface area contributed by atoms with Crippen LogP contribution in [0.2, 0.25) is 0 Å². The third-order valence-electron chi connectivity index (χ3n) is 3.50. The Morgan fingerprint density at radius 1 is 1.19 bits per heavy atom. The van der Waals surface area contributed by atoms with Crippen molar-refractivity contribution in [2.45, 2.75) is 13.8 Å². The predicted octanol–water partition coefficient (Wildman–Crippen LogP) is 2.10. The summed E-state index contributed by atoms with van der Waals surface area (Å²) in [6.07, 6.45) is 4.20. The number of carbonyl (C=O) groups is 1. The quantitative estimate of drug-likeness (QED) is 0.690. The van der Waals surface area contributed by atoms with Crippen LogP contribution in [0.15, 0.2) is 30.6 Å². The van der Waals surface area contributed by atoms with Gasteiger partial charge in [-0.15, -0.1) is 0 Å². The van der Waals surface area contributed by atoms with Gasteiger partial charge in [-0.25, -0.2) is 9.67 Å². The fourth-order valence-electron chi connectivity index (χ4n) is 2.39. The van der Waals surface area contributed by atoms with Crippen LogP contribution >= 0.6 is 0 Å². The average molecular weight is 281 g/mol. The molecule has 6 nitrogen and oxygen atoms in total. The highest BCUT2D eigenvalue weighted by Crippen LogP contribution is 2.28. The van der Waals surface area contributed by atoms with E-state index in [1.165, 1.54) is 0 Å². The summed E-state index contributed by atoms with van der Waals surface area (Å²) in [5.41, 5.74) is 3.89. The van der Waals surface area contributed by atoms with Crippen LogP contribution in [0.25, 0.3) is 17.1 Å². The van der Waals surface area contributed by atoms with E-state index in [2.05, 4.69) is 15.2 Å². The lowest BCUT2D eigenvalue weighted by molar-refractivity contribution is 0.112. The summed E-state index contributed by atoms with van der Waals surface area (Å²) in [4.78, 5) is 15.6. The van der Waals surface area contributed by atoms with Crippen LogP contribution in [0.1, 0.15) is 21.7 Å². The number of carbonyl (C=O) groups excluding carboxylic acids is 1. The summed E-state index contributed by atoms with van der Waals surface area (Å²) in [5.74, 6) is 0.672. The fraction of sp³-hybridized carbons (Fsp3) is 0.200. The number of aryl methyl sites for hydroxylation is 2. The maximum atomic E-state index is 11.4. The van der Waals surface area contributed by atoms with Gasteiger partial charge in [0.1, 0.15) is 5.69 Å². The molecule has 0 saturated heterocycles. The van der Waals surface area contributed by atoms with E-state index in [-0.39, 0.29) is 0 Å². The molecule has 0 radical (unpaired) electrons. The molecule has 6 heteroatoms. The number of aromatic nitrogens is 5. The topological polar surface area (TPSA) is 65.6 Å². The van der Waals surface area contributed by atoms with Gasteiger partial charge in [0.25, 0.3) is 0 Å². The molecule has 0 spiro atoms. The molecule has 0 aliphatic rings. The monoisotopic (exact) mass is 281 g/mol. The van der Waals surface area contributed by atoms with Gasteiger partial charge in [0.05, 0.1) is 11.3 Å². The summed E-state index contributed by atoms with van der Waals surface area (Å²) in [7, 11) is 1.88. The standard InChI is InChI=1S/C15H15N5O/c1-10-14(11(2)19(3)17-10)15-12(9-21)8-20(18-15)13-6-4-5-7-16-13/h4-9H,1-3H3. The molecule has 106 valence electrons. The number of hydrogen-bond acceptors (Lipinski definition) is 4. The van der Waals surface area contributed by atoms with E-state index in [1.807, 2.05) is 39.1 Å². The van der Waals surface area contributed by atoms with Crippen LogP contribution in [-0.2, 0) is 7.05 Å². The molecule has 21 heavy (non-hydrogen) atoms. The summed E-state index contributed by atoms with van der Waals surface area (Å²) in [5, 5.41) is 8.91. The number of aldehydes is 1. The first kappa shape index (κ1) is 13.2. The molecule has 0 bridgehead atoms. The van der Waals surface area contributed by atoms with Crippen LogP contribution in [-0.4, -0.2) is 30.8 Å². The predicted molar refractivity (Wildman–Crippen MR) is 78.4 cm³/mol. The Balaban J connectivity index is 2.20. The molecule has 3 aromatic heterocycles. The number of rotatable bonds is 3. The zero-order valence-electron chi connectivity index (χ0n) is 12.1. The van der Waals surface area contributed by atoms with Crippen LogP contribution in [0.3, 0.4) is 0 Å². The highest BCUT2D eigenvalue weighted by molar-refractivity contribution is 5.86. The van der Waals surface area contributed by atoms with E-state index in [0.29, 0.717) is 17.1 Å². The molecule has 3 aromatic rings. The molecule has 3 heterocycles. The maximum Gasteiger partial charge on any atom is 0.153 e. The summed E-state index contributed by atoms with van der Waals surface area (Å²) in [6.45, 7) is 3.88. The van der Waals surface area contributed by atoms with Crippen molar-refractivity contribution in [3.05, 3.63) is 47.5 Å². The first-order valence-electron chi connectivity index (χ1n) is 6.58. The average Bonchev–Trinajstić information content (AvgIpc) is 3.01. The molecule has 0 amide bonds. The van der Waals surface area contributed by atoms with Crippen molar-refractivity contribution in [3.63, 3.8) is 0 Å². The Kier molecular flexibility index (Phi) is 3.13. The molecule has 0 aliphatic heterocycles. The summed E-state index contributed by atoms with van der Waals surface area (Å²) in [6, 6.07) is 5.56. The third-order valence-corrected chi connectivity index (χ3v) is 3.50. The highest BCUT2D eigenvalue weighted by atomic mass is 16.1. The number of hydrogen-bond donors (Lipinski definition) is 0. The molecule has 3 rings (SSSR count). The SMILES string of the molecule is Cc1nn(C)c(C)c1-c1nn(-c2ccccn2)cc1C=O. The van der Waals surface area contributed by atoms with Crippen LogP contribution < -0.4 is 0 Å². The minimum atomic E-state index is 0.528. The Morgan fingerprint density at radius 3 is 2.57 bits per heavy atom. The van der Waals surface area contributed by atoms with Crippen molar-refractivity contribution in [1.82, 2.24) is 24.5 Å². The number of pyridine rings is 1. The molecular formula is C15H15N5O. The van der Waals surface area contributed by atoms with Crippen molar-refractivity contribution >= 4 is 6.29 Å². The molecule has 0 unspecified atom stereocenters. The molecule has 0 aliphatic carbocycles. The fourth-order valence-corrected chi connectivity index (χ4v) is 2.39. The molecule has 0 atom stereocenters. The van der Waals surface area contributed by atoms with Crippen LogP contribution in [0.5, 0.6) is 0 Å². The third kappa shape index (κ3) is 2.14. The van der Waals surface area contributed by atoms with Gasteiger partial charge >= 0.3 is 0 Å². The maximum absolute atomic E-state index is 11.4. The molecule has 0 N–H and O–H groups in total. The Morgan fingerprint density at radius 2 is 2.00 bits per heavy atom. The van der Waals surface area contributed by atoms with Gasteiger partial charge < -0.3 is 0 Å². The van der Waals surface area contributed by atoms with Gasteiger partial charge in [-0.3, -0.25) is 9.48 Å². The first-order chi connectivity index (χ1) is 10.1. The van der Waals surface area contributed by atoms with Crippen molar-refractivity contribution in [3.8, 4) is 17.1 Å². The van der Waals surface area contributed by atoms with Gasteiger partial charge in [0.15, 0.2) is 12.1 Å². The lowest BCUT2D eigenvalue weighted by Gasteiger charge is -2.00. The van der Waals surface area contributed by atoms with E-state index in [1.54, 1.807) is 21.8 Å². The van der Waals surface area contributed by atoms with E-state index in [9.17, 15) is 4.79 Å². The van der Waals surface area contributed by atoms with Crippen molar-refractivity contribution < 1.29 is 4.79 Å². The summed E-state index contributed by atoms with van der Waals surface area (Å²) >= 11 is 0. The lowest BCUT2D eigenvalue weighted by atomic mass is 10.1. The van der Waals surface area contributed by atoms with Crippen molar-refractivity contribution in [2.24, 2.45) is 7.05 Å². The molecular weight excluding hydrogens is 266 g/mol. The largest absolute Gasteiger partial charge is 0.298 e. The minimum absolute atomic E-state index is 0.528. The first-order valence-corrected chi connectivity index (χ1v) is 6.58. The van der Waals surface area contributed by atoms with Gasteiger partial charge in [0, 0.05) is 30.7 Å². The van der Waals surface area contributed by atoms with Gasteiger partial charge in [0.2, 0.25) is 0 Å². The number of nitrogens with zero attached hydrogens (tertiary/aromatic N) is 5. The van der Waals surface area contributed by atoms with E-state index in [4.69, 9.17) is 0 Å². The van der Waals surface area contributed by atoms with E-state index in [0.717, 1.165) is 23.2 Å². The van der Waals surface area contributed by atoms with Gasteiger partial charge in [-0.2, -0.15) is 10.2 Å². The van der Waals surface area contributed by atoms with Gasteiger partial charge in [-0.1, -0.05) is 6.07 Å².